The summed E-state index contributed by atoms with van der Waals surface area (Å²) in [5, 5.41) is 0. The Morgan fingerprint density at radius 1 is 0.432 bits per heavy atom. The normalized spacial score (nSPS) is 10.4. The van der Waals surface area contributed by atoms with Gasteiger partial charge in [0.1, 0.15) is 11.5 Å². The van der Waals surface area contributed by atoms with Crippen molar-refractivity contribution < 1.29 is 19.1 Å². The van der Waals surface area contributed by atoms with Crippen LogP contribution in [0.1, 0.15) is 20.7 Å². The second-order valence-electron chi connectivity index (χ2n) is 8.14. The first kappa shape index (κ1) is 23.6. The summed E-state index contributed by atoms with van der Waals surface area (Å²) in [6, 6.07) is 42.1. The molecule has 0 amide bonds. The minimum absolute atomic E-state index is 0.0964. The molecule has 5 aromatic rings. The van der Waals surface area contributed by atoms with Crippen LogP contribution >= 0.6 is 0 Å². The van der Waals surface area contributed by atoms with Gasteiger partial charge >= 0.3 is 11.9 Å². The van der Waals surface area contributed by atoms with Gasteiger partial charge in [-0.25, -0.2) is 9.59 Å². The van der Waals surface area contributed by atoms with Gasteiger partial charge in [0.25, 0.3) is 0 Å². The number of anilines is 3. The van der Waals surface area contributed by atoms with Crippen molar-refractivity contribution >= 4 is 29.0 Å². The standard InChI is InChI=1S/C32H23NO4/c34-31(36-27-17-9-3-10-18-27)29-22-21-26(23-30(29)32(35)37-28-19-11-4-12-20-28)33(24-13-5-1-6-14-24)25-15-7-2-8-16-25/h1-23H. The zero-order chi connectivity index (χ0) is 25.5. The van der Waals surface area contributed by atoms with Gasteiger partial charge in [0, 0.05) is 17.1 Å². The van der Waals surface area contributed by atoms with E-state index in [0.29, 0.717) is 17.2 Å². The monoisotopic (exact) mass is 485 g/mol. The first-order chi connectivity index (χ1) is 18.2. The third-order valence-corrected chi connectivity index (χ3v) is 5.64. The molecule has 0 bridgehead atoms. The zero-order valence-corrected chi connectivity index (χ0v) is 19.9. The number of para-hydroxylation sites is 4. The van der Waals surface area contributed by atoms with Crippen LogP contribution in [0.25, 0.3) is 0 Å². The van der Waals surface area contributed by atoms with Crippen LogP contribution in [-0.4, -0.2) is 11.9 Å². The van der Waals surface area contributed by atoms with Crippen molar-refractivity contribution in [1.82, 2.24) is 0 Å². The first-order valence-corrected chi connectivity index (χ1v) is 11.8. The fourth-order valence-electron chi connectivity index (χ4n) is 3.92. The molecule has 0 aliphatic heterocycles. The van der Waals surface area contributed by atoms with E-state index in [9.17, 15) is 9.59 Å². The van der Waals surface area contributed by atoms with E-state index in [1.54, 1.807) is 66.7 Å². The Morgan fingerprint density at radius 2 is 0.838 bits per heavy atom. The van der Waals surface area contributed by atoms with Crippen LogP contribution in [0.2, 0.25) is 0 Å². The van der Waals surface area contributed by atoms with Crippen LogP contribution in [0.15, 0.2) is 140 Å². The van der Waals surface area contributed by atoms with Crippen molar-refractivity contribution in [2.24, 2.45) is 0 Å². The van der Waals surface area contributed by atoms with E-state index in [2.05, 4.69) is 0 Å². The summed E-state index contributed by atoms with van der Waals surface area (Å²) in [4.78, 5) is 28.6. The molecule has 5 rings (SSSR count). The van der Waals surface area contributed by atoms with Crippen molar-refractivity contribution in [2.45, 2.75) is 0 Å². The Kier molecular flexibility index (Phi) is 7.04. The highest BCUT2D eigenvalue weighted by molar-refractivity contribution is 6.05. The quantitative estimate of drug-likeness (QED) is 0.176. The number of ether oxygens (including phenoxy) is 2. The predicted molar refractivity (Wildman–Crippen MR) is 144 cm³/mol. The third kappa shape index (κ3) is 5.57. The average molecular weight is 486 g/mol. The van der Waals surface area contributed by atoms with Gasteiger partial charge in [0.2, 0.25) is 0 Å². The van der Waals surface area contributed by atoms with Crippen molar-refractivity contribution in [3.8, 4) is 11.5 Å². The molecule has 0 heterocycles. The van der Waals surface area contributed by atoms with Crippen LogP contribution in [0.4, 0.5) is 17.1 Å². The molecule has 0 spiro atoms. The molecule has 0 aromatic heterocycles. The van der Waals surface area contributed by atoms with Crippen LogP contribution in [0.5, 0.6) is 11.5 Å². The van der Waals surface area contributed by atoms with E-state index in [-0.39, 0.29) is 11.1 Å². The molecule has 0 atom stereocenters. The van der Waals surface area contributed by atoms with Gasteiger partial charge in [-0.05, 0) is 66.7 Å². The lowest BCUT2D eigenvalue weighted by Crippen LogP contribution is -2.19. The summed E-state index contributed by atoms with van der Waals surface area (Å²) in [5.41, 5.74) is 2.69. The summed E-state index contributed by atoms with van der Waals surface area (Å²) in [5.74, 6) is -0.546. The van der Waals surface area contributed by atoms with E-state index in [1.807, 2.05) is 77.7 Å². The van der Waals surface area contributed by atoms with Crippen LogP contribution in [-0.2, 0) is 0 Å². The summed E-state index contributed by atoms with van der Waals surface area (Å²) < 4.78 is 11.2. The number of benzene rings is 5. The Hall–Kier alpha value is -5.16. The lowest BCUT2D eigenvalue weighted by Gasteiger charge is -2.26. The van der Waals surface area contributed by atoms with E-state index >= 15 is 0 Å². The molecule has 5 heteroatoms. The van der Waals surface area contributed by atoms with Crippen LogP contribution in [0, 0.1) is 0 Å². The molecule has 0 N–H and O–H groups in total. The molecule has 5 nitrogen and oxygen atoms in total. The Morgan fingerprint density at radius 3 is 1.30 bits per heavy atom. The van der Waals surface area contributed by atoms with Crippen molar-refractivity contribution in [2.75, 3.05) is 4.90 Å². The summed E-state index contributed by atoms with van der Waals surface area (Å²) in [6.45, 7) is 0. The smallest absolute Gasteiger partial charge is 0.344 e. The molecule has 0 saturated carbocycles. The number of carbonyl (C=O) groups is 2. The molecule has 0 saturated heterocycles. The number of hydrogen-bond donors (Lipinski definition) is 0. The molecule has 0 aliphatic carbocycles. The summed E-state index contributed by atoms with van der Waals surface area (Å²) in [7, 11) is 0. The van der Waals surface area contributed by atoms with Crippen LogP contribution < -0.4 is 14.4 Å². The number of nitrogens with zero attached hydrogens (tertiary/aromatic N) is 1. The van der Waals surface area contributed by atoms with Crippen molar-refractivity contribution in [1.29, 1.82) is 0 Å². The lowest BCUT2D eigenvalue weighted by molar-refractivity contribution is 0.0692. The fourth-order valence-corrected chi connectivity index (χ4v) is 3.92. The topological polar surface area (TPSA) is 55.8 Å². The Balaban J connectivity index is 1.59. The Labute approximate surface area is 215 Å². The van der Waals surface area contributed by atoms with Gasteiger partial charge in [-0.3, -0.25) is 0 Å². The summed E-state index contributed by atoms with van der Waals surface area (Å²) >= 11 is 0. The molecule has 180 valence electrons. The average Bonchev–Trinajstić information content (AvgIpc) is 2.95. The van der Waals surface area contributed by atoms with E-state index in [1.165, 1.54) is 0 Å². The van der Waals surface area contributed by atoms with Crippen molar-refractivity contribution in [3.05, 3.63) is 151 Å². The van der Waals surface area contributed by atoms with Crippen molar-refractivity contribution in [3.63, 3.8) is 0 Å². The maximum Gasteiger partial charge on any atom is 0.344 e. The largest absolute Gasteiger partial charge is 0.423 e. The van der Waals surface area contributed by atoms with E-state index < -0.39 is 11.9 Å². The second kappa shape index (κ2) is 11.1. The SMILES string of the molecule is O=C(Oc1ccccc1)c1ccc(N(c2ccccc2)c2ccccc2)cc1C(=O)Oc1ccccc1. The van der Waals surface area contributed by atoms with Gasteiger partial charge in [-0.1, -0.05) is 72.8 Å². The number of esters is 2. The minimum Gasteiger partial charge on any atom is -0.423 e. The van der Waals surface area contributed by atoms with E-state index in [0.717, 1.165) is 11.4 Å². The van der Waals surface area contributed by atoms with E-state index in [4.69, 9.17) is 9.47 Å². The minimum atomic E-state index is -0.658. The highest BCUT2D eigenvalue weighted by atomic mass is 16.5. The fraction of sp³-hybridized carbons (Fsp3) is 0. The molecule has 5 aromatic carbocycles. The highest BCUT2D eigenvalue weighted by Gasteiger charge is 2.23. The van der Waals surface area contributed by atoms with Gasteiger partial charge in [0.15, 0.2) is 0 Å². The highest BCUT2D eigenvalue weighted by Crippen LogP contribution is 2.35. The van der Waals surface area contributed by atoms with Gasteiger partial charge in [-0.15, -0.1) is 0 Å². The number of rotatable bonds is 7. The third-order valence-electron chi connectivity index (χ3n) is 5.64. The molecule has 37 heavy (non-hydrogen) atoms. The molecule has 0 aliphatic rings. The number of carbonyl (C=O) groups excluding carboxylic acids is 2. The number of hydrogen-bond acceptors (Lipinski definition) is 5. The zero-order valence-electron chi connectivity index (χ0n) is 19.9. The summed E-state index contributed by atoms with van der Waals surface area (Å²) in [6.07, 6.45) is 0. The predicted octanol–water partition coefficient (Wildman–Crippen LogP) is 7.59. The molecular formula is C32H23NO4. The maximum absolute atomic E-state index is 13.4. The molecular weight excluding hydrogens is 462 g/mol. The molecule has 0 unspecified atom stereocenters. The Bertz CT molecular complexity index is 1450. The van der Waals surface area contributed by atoms with Gasteiger partial charge in [-0.2, -0.15) is 0 Å². The van der Waals surface area contributed by atoms with Gasteiger partial charge in [0.05, 0.1) is 11.1 Å². The molecule has 0 radical (unpaired) electrons. The second-order valence-corrected chi connectivity index (χ2v) is 8.14. The first-order valence-electron chi connectivity index (χ1n) is 11.8. The maximum atomic E-state index is 13.4. The lowest BCUT2D eigenvalue weighted by atomic mass is 10.0. The van der Waals surface area contributed by atoms with Crippen LogP contribution in [0.3, 0.4) is 0 Å². The van der Waals surface area contributed by atoms with Gasteiger partial charge < -0.3 is 14.4 Å². The molecule has 0 fully saturated rings.